The third-order valence-electron chi connectivity index (χ3n) is 5.10. The molecule has 0 N–H and O–H groups in total. The van der Waals surface area contributed by atoms with Gasteiger partial charge in [0.25, 0.3) is 0 Å². The Morgan fingerprint density at radius 2 is 2.00 bits per heavy atom. The minimum absolute atomic E-state index is 0.0908. The van der Waals surface area contributed by atoms with Crippen LogP contribution in [0.25, 0.3) is 0 Å². The van der Waals surface area contributed by atoms with Crippen molar-refractivity contribution in [1.82, 2.24) is 0 Å². The van der Waals surface area contributed by atoms with Crippen molar-refractivity contribution in [2.24, 2.45) is 11.8 Å². The first-order chi connectivity index (χ1) is 10.6. The monoisotopic (exact) mass is 310 g/mol. The molecule has 2 fully saturated rings. The molecule has 22 heavy (non-hydrogen) atoms. The first kappa shape index (κ1) is 17.9. The van der Waals surface area contributed by atoms with E-state index in [4.69, 9.17) is 9.47 Å². The summed E-state index contributed by atoms with van der Waals surface area (Å²) >= 11 is 0. The van der Waals surface area contributed by atoms with Crippen LogP contribution in [0.15, 0.2) is 0 Å². The van der Waals surface area contributed by atoms with Crippen molar-refractivity contribution in [2.45, 2.75) is 103 Å². The number of ether oxygens (including phenoxy) is 2. The van der Waals surface area contributed by atoms with Crippen LogP contribution in [0.3, 0.4) is 0 Å². The van der Waals surface area contributed by atoms with Crippen molar-refractivity contribution in [3.63, 3.8) is 0 Å². The molecule has 1 aliphatic carbocycles. The van der Waals surface area contributed by atoms with Gasteiger partial charge in [-0.15, -0.1) is 0 Å². The van der Waals surface area contributed by atoms with Crippen molar-refractivity contribution < 1.29 is 14.3 Å². The largest absolute Gasteiger partial charge is 0.349 e. The topological polar surface area (TPSA) is 35.5 Å². The smallest absolute Gasteiger partial charge is 0.160 e. The summed E-state index contributed by atoms with van der Waals surface area (Å²) < 4.78 is 12.4. The number of carbonyl (C=O) groups excluding carboxylic acids is 1. The SMILES string of the molecule is CCCCCC[C@@H]1C[C@H]([C@@H]2CCCC(=O)C2)O[C@H](C(C)C)O1. The highest BCUT2D eigenvalue weighted by Gasteiger charge is 2.37. The van der Waals surface area contributed by atoms with Crippen LogP contribution >= 0.6 is 0 Å². The number of carbonyl (C=O) groups is 1. The minimum Gasteiger partial charge on any atom is -0.349 e. The van der Waals surface area contributed by atoms with Gasteiger partial charge in [0.15, 0.2) is 6.29 Å². The summed E-state index contributed by atoms with van der Waals surface area (Å²) in [4.78, 5) is 11.8. The van der Waals surface area contributed by atoms with E-state index in [2.05, 4.69) is 20.8 Å². The molecule has 1 saturated heterocycles. The molecule has 0 aromatic heterocycles. The zero-order valence-electron chi connectivity index (χ0n) is 14.7. The Kier molecular flexibility index (Phi) is 7.36. The maximum absolute atomic E-state index is 11.8. The molecular weight excluding hydrogens is 276 g/mol. The molecule has 1 aliphatic heterocycles. The molecule has 1 saturated carbocycles. The van der Waals surface area contributed by atoms with Gasteiger partial charge in [-0.3, -0.25) is 4.79 Å². The highest BCUT2D eigenvalue weighted by Crippen LogP contribution is 2.35. The van der Waals surface area contributed by atoms with Gasteiger partial charge in [0.2, 0.25) is 0 Å². The Labute approximate surface area is 136 Å². The molecule has 0 radical (unpaired) electrons. The molecule has 128 valence electrons. The average molecular weight is 310 g/mol. The molecule has 4 atom stereocenters. The fourth-order valence-corrected chi connectivity index (χ4v) is 3.74. The fourth-order valence-electron chi connectivity index (χ4n) is 3.74. The average Bonchev–Trinajstić information content (AvgIpc) is 2.51. The zero-order chi connectivity index (χ0) is 15.9. The Bertz CT molecular complexity index is 340. The van der Waals surface area contributed by atoms with Crippen molar-refractivity contribution in [1.29, 1.82) is 0 Å². The lowest BCUT2D eigenvalue weighted by molar-refractivity contribution is -0.271. The second-order valence-corrected chi connectivity index (χ2v) is 7.53. The number of rotatable bonds is 7. The quantitative estimate of drug-likeness (QED) is 0.629. The Hall–Kier alpha value is -0.410. The molecular formula is C19H34O3. The van der Waals surface area contributed by atoms with E-state index in [1.807, 2.05) is 0 Å². The van der Waals surface area contributed by atoms with Gasteiger partial charge in [-0.2, -0.15) is 0 Å². The van der Waals surface area contributed by atoms with Crippen LogP contribution in [0.5, 0.6) is 0 Å². The van der Waals surface area contributed by atoms with Gasteiger partial charge in [0.05, 0.1) is 12.2 Å². The van der Waals surface area contributed by atoms with Crippen molar-refractivity contribution in [3.8, 4) is 0 Å². The lowest BCUT2D eigenvalue weighted by atomic mass is 9.81. The molecule has 0 unspecified atom stereocenters. The molecule has 2 aliphatic rings. The second kappa shape index (κ2) is 9.02. The highest BCUT2D eigenvalue weighted by molar-refractivity contribution is 5.79. The van der Waals surface area contributed by atoms with Crippen molar-refractivity contribution >= 4 is 5.78 Å². The van der Waals surface area contributed by atoms with E-state index < -0.39 is 0 Å². The molecule has 0 spiro atoms. The first-order valence-electron chi connectivity index (χ1n) is 9.42. The number of hydrogen-bond acceptors (Lipinski definition) is 3. The van der Waals surface area contributed by atoms with Crippen LogP contribution in [0.1, 0.15) is 85.0 Å². The zero-order valence-corrected chi connectivity index (χ0v) is 14.7. The maximum Gasteiger partial charge on any atom is 0.160 e. The summed E-state index contributed by atoms with van der Waals surface area (Å²) in [6, 6.07) is 0. The minimum atomic E-state index is -0.0908. The number of ketones is 1. The highest BCUT2D eigenvalue weighted by atomic mass is 16.7. The molecule has 0 bridgehead atoms. The van der Waals surface area contributed by atoms with Crippen molar-refractivity contribution in [3.05, 3.63) is 0 Å². The molecule has 2 rings (SSSR count). The summed E-state index contributed by atoms with van der Waals surface area (Å²) in [6.07, 6.45) is 11.4. The summed E-state index contributed by atoms with van der Waals surface area (Å²) in [7, 11) is 0. The molecule has 3 heteroatoms. The van der Waals surface area contributed by atoms with Gasteiger partial charge in [0.1, 0.15) is 5.78 Å². The van der Waals surface area contributed by atoms with Crippen LogP contribution < -0.4 is 0 Å². The van der Waals surface area contributed by atoms with Crippen LogP contribution in [-0.2, 0) is 14.3 Å². The normalized spacial score (nSPS) is 33.4. The first-order valence-corrected chi connectivity index (χ1v) is 9.42. The van der Waals surface area contributed by atoms with Gasteiger partial charge in [-0.05, 0) is 25.2 Å². The number of unbranched alkanes of at least 4 members (excludes halogenated alkanes) is 3. The lowest BCUT2D eigenvalue weighted by Gasteiger charge is -2.41. The van der Waals surface area contributed by atoms with E-state index in [1.165, 1.54) is 25.7 Å². The van der Waals surface area contributed by atoms with Crippen LogP contribution in [0, 0.1) is 11.8 Å². The van der Waals surface area contributed by atoms with E-state index in [1.54, 1.807) is 0 Å². The predicted molar refractivity (Wildman–Crippen MR) is 88.7 cm³/mol. The third kappa shape index (κ3) is 5.34. The lowest BCUT2D eigenvalue weighted by Crippen LogP contribution is -2.44. The molecule has 1 heterocycles. The summed E-state index contributed by atoms with van der Waals surface area (Å²) in [5.74, 6) is 1.22. The van der Waals surface area contributed by atoms with Gasteiger partial charge >= 0.3 is 0 Å². The van der Waals surface area contributed by atoms with E-state index in [9.17, 15) is 4.79 Å². The summed E-state index contributed by atoms with van der Waals surface area (Å²) in [5.41, 5.74) is 0. The maximum atomic E-state index is 11.8. The third-order valence-corrected chi connectivity index (χ3v) is 5.10. The van der Waals surface area contributed by atoms with Gasteiger partial charge in [-0.1, -0.05) is 46.5 Å². The van der Waals surface area contributed by atoms with E-state index in [0.717, 1.165) is 38.5 Å². The molecule has 3 nitrogen and oxygen atoms in total. The van der Waals surface area contributed by atoms with E-state index in [0.29, 0.717) is 23.7 Å². The fraction of sp³-hybridized carbons (Fsp3) is 0.947. The number of Topliss-reactive ketones (excluding diaryl/α,β-unsaturated/α-hetero) is 1. The second-order valence-electron chi connectivity index (χ2n) is 7.53. The van der Waals surface area contributed by atoms with Gasteiger partial charge < -0.3 is 9.47 Å². The molecule has 0 aromatic rings. The predicted octanol–water partition coefficient (Wildman–Crippen LogP) is 4.87. The Morgan fingerprint density at radius 3 is 2.68 bits per heavy atom. The molecule has 0 amide bonds. The summed E-state index contributed by atoms with van der Waals surface area (Å²) in [5, 5.41) is 0. The number of hydrogen-bond donors (Lipinski definition) is 0. The van der Waals surface area contributed by atoms with Gasteiger partial charge in [-0.25, -0.2) is 0 Å². The van der Waals surface area contributed by atoms with Crippen LogP contribution in [-0.4, -0.2) is 24.3 Å². The Morgan fingerprint density at radius 1 is 1.18 bits per heavy atom. The van der Waals surface area contributed by atoms with Crippen molar-refractivity contribution in [2.75, 3.05) is 0 Å². The van der Waals surface area contributed by atoms with E-state index >= 15 is 0 Å². The van der Waals surface area contributed by atoms with E-state index in [-0.39, 0.29) is 12.4 Å². The van der Waals surface area contributed by atoms with Gasteiger partial charge in [0, 0.05) is 25.2 Å². The Balaban J connectivity index is 1.89. The standard InChI is InChI=1S/C19H34O3/c1-4-5-6-7-11-17-13-18(22-19(21-17)14(2)3)15-9-8-10-16(20)12-15/h14-15,17-19H,4-13H2,1-3H3/t15-,17-,18-,19-/m1/s1. The summed E-state index contributed by atoms with van der Waals surface area (Å²) in [6.45, 7) is 6.57. The van der Waals surface area contributed by atoms with Crippen LogP contribution in [0.4, 0.5) is 0 Å². The molecule has 0 aromatic carbocycles. The van der Waals surface area contributed by atoms with Crippen LogP contribution in [0.2, 0.25) is 0 Å².